The molecule has 4 heteroatoms. The second kappa shape index (κ2) is 5.21. The molecule has 2 rings (SSSR count). The van der Waals surface area contributed by atoms with E-state index in [1.54, 1.807) is 6.20 Å². The maximum Gasteiger partial charge on any atom is 0.143 e. The Balaban J connectivity index is 2.39. The van der Waals surface area contributed by atoms with Gasteiger partial charge in [0.1, 0.15) is 10.1 Å². The minimum Gasteiger partial charge on any atom is -0.493 e. The molecule has 82 valence electrons. The molecule has 0 bridgehead atoms. The minimum absolute atomic E-state index is 0.654. The predicted molar refractivity (Wildman–Crippen MR) is 72.4 cm³/mol. The molecular weight excluding hydrogens is 238 g/mol. The van der Waals surface area contributed by atoms with Gasteiger partial charge < -0.3 is 10.1 Å². The average molecular weight is 249 g/mol. The van der Waals surface area contributed by atoms with Gasteiger partial charge in [0.15, 0.2) is 0 Å². The van der Waals surface area contributed by atoms with E-state index in [0.29, 0.717) is 6.61 Å². The van der Waals surface area contributed by atoms with Crippen molar-refractivity contribution >= 4 is 33.2 Å². The first-order valence-corrected chi connectivity index (χ1v) is 6.19. The Morgan fingerprint density at radius 2 is 2.25 bits per heavy atom. The molecule has 0 spiro atoms. The van der Waals surface area contributed by atoms with Gasteiger partial charge in [-0.1, -0.05) is 41.8 Å². The zero-order chi connectivity index (χ0) is 11.4. The maximum atomic E-state index is 5.57. The van der Waals surface area contributed by atoms with Gasteiger partial charge in [-0.25, -0.2) is 0 Å². The van der Waals surface area contributed by atoms with Crippen LogP contribution in [0.1, 0.15) is 12.5 Å². The Morgan fingerprint density at radius 1 is 1.44 bits per heavy atom. The summed E-state index contributed by atoms with van der Waals surface area (Å²) in [7, 11) is 0. The lowest BCUT2D eigenvalue weighted by atomic mass is 10.2. The fraction of sp³-hybridized carbons (Fsp3) is 0.167. The molecule has 0 aliphatic carbocycles. The van der Waals surface area contributed by atoms with Crippen molar-refractivity contribution < 1.29 is 4.74 Å². The Bertz CT molecular complexity index is 476. The number of thiocarbonyl (C=S) groups is 1. The molecule has 1 heterocycles. The Kier molecular flexibility index (Phi) is 3.67. The molecule has 0 amide bonds. The maximum absolute atomic E-state index is 5.57. The number of nitrogens with one attached hydrogen (secondary N) is 1. The quantitative estimate of drug-likeness (QED) is 0.656. The summed E-state index contributed by atoms with van der Waals surface area (Å²) in [5.74, 6) is 0.873. The number of para-hydroxylation sites is 1. The number of hydrogen-bond donors (Lipinski definition) is 1. The Labute approximate surface area is 104 Å². The van der Waals surface area contributed by atoms with Gasteiger partial charge in [-0.05, 0) is 19.1 Å². The highest BCUT2D eigenvalue weighted by molar-refractivity contribution is 8.29. The fourth-order valence-corrected chi connectivity index (χ4v) is 2.39. The molecule has 0 aromatic heterocycles. The molecule has 0 unspecified atom stereocenters. The number of thioether (sulfide) groups is 1. The van der Waals surface area contributed by atoms with Gasteiger partial charge in [0.25, 0.3) is 0 Å². The van der Waals surface area contributed by atoms with E-state index >= 15 is 0 Å². The molecule has 16 heavy (non-hydrogen) atoms. The molecule has 1 aliphatic heterocycles. The van der Waals surface area contributed by atoms with E-state index in [1.807, 2.05) is 31.2 Å². The summed E-state index contributed by atoms with van der Waals surface area (Å²) >= 11 is 6.60. The van der Waals surface area contributed by atoms with Crippen LogP contribution < -0.4 is 10.1 Å². The lowest BCUT2D eigenvalue weighted by Crippen LogP contribution is -2.12. The lowest BCUT2D eigenvalue weighted by molar-refractivity contribution is 0.339. The summed E-state index contributed by atoms with van der Waals surface area (Å²) in [6.45, 7) is 2.63. The van der Waals surface area contributed by atoms with Crippen molar-refractivity contribution in [2.45, 2.75) is 6.92 Å². The number of hydrogen-bond acceptors (Lipinski definition) is 3. The molecule has 1 aromatic rings. The number of benzene rings is 1. The van der Waals surface area contributed by atoms with Crippen LogP contribution in [0.15, 0.2) is 36.2 Å². The molecular formula is C12H11NOS2. The van der Waals surface area contributed by atoms with Gasteiger partial charge in [0.2, 0.25) is 0 Å². The fourth-order valence-electron chi connectivity index (χ4n) is 1.38. The third-order valence-electron chi connectivity index (χ3n) is 2.02. The summed E-state index contributed by atoms with van der Waals surface area (Å²) < 4.78 is 6.31. The second-order valence-corrected chi connectivity index (χ2v) is 4.77. The molecule has 2 nitrogen and oxygen atoms in total. The first-order valence-electron chi connectivity index (χ1n) is 4.97. The molecule has 0 atom stereocenters. The van der Waals surface area contributed by atoms with Crippen molar-refractivity contribution in [2.75, 3.05) is 6.61 Å². The topological polar surface area (TPSA) is 21.3 Å². The summed E-state index contributed by atoms with van der Waals surface area (Å²) in [5.41, 5.74) is 4.18. The highest BCUT2D eigenvalue weighted by atomic mass is 32.2. The van der Waals surface area contributed by atoms with Crippen LogP contribution in [0.4, 0.5) is 0 Å². The normalized spacial score (nSPS) is 14.3. The zero-order valence-electron chi connectivity index (χ0n) is 8.82. The Hall–Kier alpha value is -1.22. The van der Waals surface area contributed by atoms with Crippen LogP contribution in [0, 0.1) is 0 Å². The molecule has 0 radical (unpaired) electrons. The predicted octanol–water partition coefficient (Wildman–Crippen LogP) is 3.16. The van der Waals surface area contributed by atoms with E-state index in [0.717, 1.165) is 20.5 Å². The van der Waals surface area contributed by atoms with E-state index < -0.39 is 0 Å². The molecule has 0 saturated carbocycles. The molecule has 0 fully saturated rings. The van der Waals surface area contributed by atoms with Crippen molar-refractivity contribution in [1.82, 2.24) is 5.32 Å². The SMILES string of the molecule is CCOc1ccccc1C1=C=CNC(=S)S1. The third kappa shape index (κ3) is 2.47. The van der Waals surface area contributed by atoms with E-state index in [2.05, 4.69) is 11.0 Å². The van der Waals surface area contributed by atoms with E-state index in [9.17, 15) is 0 Å². The van der Waals surface area contributed by atoms with Crippen molar-refractivity contribution in [3.05, 3.63) is 41.8 Å². The van der Waals surface area contributed by atoms with Crippen LogP contribution in [0.2, 0.25) is 0 Å². The standard InChI is InChI=1S/C12H11NOS2/c1-2-14-10-6-4-3-5-9(10)11-7-8-13-12(15)16-11/h3-6,8H,2H2,1H3,(H,13,15). The summed E-state index contributed by atoms with van der Waals surface area (Å²) in [6.07, 6.45) is 1.73. The number of rotatable bonds is 3. The lowest BCUT2D eigenvalue weighted by Gasteiger charge is -2.13. The van der Waals surface area contributed by atoms with Gasteiger partial charge in [0, 0.05) is 11.8 Å². The molecule has 1 aliphatic rings. The van der Waals surface area contributed by atoms with E-state index in [4.69, 9.17) is 17.0 Å². The van der Waals surface area contributed by atoms with E-state index in [1.165, 1.54) is 11.8 Å². The Morgan fingerprint density at radius 3 is 3.00 bits per heavy atom. The van der Waals surface area contributed by atoms with Gasteiger partial charge >= 0.3 is 0 Å². The van der Waals surface area contributed by atoms with Crippen LogP contribution in [0.3, 0.4) is 0 Å². The van der Waals surface area contributed by atoms with Crippen molar-refractivity contribution in [1.29, 1.82) is 0 Å². The smallest absolute Gasteiger partial charge is 0.143 e. The zero-order valence-corrected chi connectivity index (χ0v) is 10.5. The van der Waals surface area contributed by atoms with Gasteiger partial charge in [-0.3, -0.25) is 0 Å². The van der Waals surface area contributed by atoms with Crippen LogP contribution in [0.25, 0.3) is 4.91 Å². The van der Waals surface area contributed by atoms with Gasteiger partial charge in [0.05, 0.1) is 11.5 Å². The molecule has 0 saturated heterocycles. The van der Waals surface area contributed by atoms with Gasteiger partial charge in [-0.15, -0.1) is 0 Å². The van der Waals surface area contributed by atoms with Crippen molar-refractivity contribution in [3.8, 4) is 5.75 Å². The average Bonchev–Trinajstić information content (AvgIpc) is 2.30. The van der Waals surface area contributed by atoms with Crippen LogP contribution in [0.5, 0.6) is 5.75 Å². The number of ether oxygens (including phenoxy) is 1. The summed E-state index contributed by atoms with van der Waals surface area (Å²) in [5, 5.41) is 2.93. The van der Waals surface area contributed by atoms with Crippen LogP contribution in [-0.2, 0) is 0 Å². The van der Waals surface area contributed by atoms with Crippen LogP contribution in [-0.4, -0.2) is 10.9 Å². The molecule has 1 N–H and O–H groups in total. The minimum atomic E-state index is 0.654. The van der Waals surface area contributed by atoms with E-state index in [-0.39, 0.29) is 0 Å². The van der Waals surface area contributed by atoms with Crippen molar-refractivity contribution in [2.24, 2.45) is 0 Å². The van der Waals surface area contributed by atoms with Gasteiger partial charge in [-0.2, -0.15) is 0 Å². The van der Waals surface area contributed by atoms with Crippen molar-refractivity contribution in [3.63, 3.8) is 0 Å². The summed E-state index contributed by atoms with van der Waals surface area (Å²) in [6, 6.07) is 7.92. The second-order valence-electron chi connectivity index (χ2n) is 3.08. The first kappa shape index (κ1) is 11.3. The largest absolute Gasteiger partial charge is 0.493 e. The third-order valence-corrected chi connectivity index (χ3v) is 3.23. The highest BCUT2D eigenvalue weighted by Crippen LogP contribution is 2.34. The monoisotopic (exact) mass is 249 g/mol. The summed E-state index contributed by atoms with van der Waals surface area (Å²) in [4.78, 5) is 0.993. The van der Waals surface area contributed by atoms with Crippen LogP contribution >= 0.6 is 24.0 Å². The highest BCUT2D eigenvalue weighted by Gasteiger charge is 2.12. The molecule has 1 aromatic carbocycles. The first-order chi connectivity index (χ1) is 7.81.